The van der Waals surface area contributed by atoms with Gasteiger partial charge in [0.15, 0.2) is 11.4 Å². The zero-order valence-electron chi connectivity index (χ0n) is 16.1. The monoisotopic (exact) mass is 409 g/mol. The molecule has 4 rings (SSSR count). The van der Waals surface area contributed by atoms with Crippen molar-refractivity contribution >= 4 is 28.7 Å². The van der Waals surface area contributed by atoms with Gasteiger partial charge in [-0.05, 0) is 47.7 Å². The standard InChI is InChI=1S/C22H20FN3O2S/c1-3-17-21(25(2)22(27)19-7-5-13-29-19)26-12-4-6-18(20(26)24-17)28-14-15-8-10-16(23)11-9-15/h4-13H,3,14H2,1-2H3. The number of rotatable bonds is 6. The summed E-state index contributed by atoms with van der Waals surface area (Å²) in [5, 5.41) is 1.89. The number of hydrogen-bond donors (Lipinski definition) is 0. The zero-order chi connectivity index (χ0) is 20.4. The summed E-state index contributed by atoms with van der Waals surface area (Å²) in [7, 11) is 1.76. The molecule has 0 unspecified atom stereocenters. The van der Waals surface area contributed by atoms with Crippen molar-refractivity contribution in [1.82, 2.24) is 9.38 Å². The average molecular weight is 409 g/mol. The fourth-order valence-corrected chi connectivity index (χ4v) is 3.88. The van der Waals surface area contributed by atoms with Crippen LogP contribution in [-0.4, -0.2) is 22.3 Å². The van der Waals surface area contributed by atoms with Crippen molar-refractivity contribution in [1.29, 1.82) is 0 Å². The minimum atomic E-state index is -0.278. The van der Waals surface area contributed by atoms with Crippen molar-refractivity contribution in [3.05, 3.63) is 82.1 Å². The predicted molar refractivity (Wildman–Crippen MR) is 112 cm³/mol. The van der Waals surface area contributed by atoms with Crippen molar-refractivity contribution < 1.29 is 13.9 Å². The Kier molecular flexibility index (Phi) is 5.31. The molecule has 1 aromatic carbocycles. The molecule has 0 N–H and O–H groups in total. The molecule has 0 saturated carbocycles. The van der Waals surface area contributed by atoms with Crippen LogP contribution in [-0.2, 0) is 13.0 Å². The maximum atomic E-state index is 13.1. The van der Waals surface area contributed by atoms with Crippen LogP contribution in [0.25, 0.3) is 5.65 Å². The van der Waals surface area contributed by atoms with E-state index >= 15 is 0 Å². The van der Waals surface area contributed by atoms with E-state index in [-0.39, 0.29) is 11.7 Å². The number of nitrogens with zero attached hydrogens (tertiary/aromatic N) is 3. The largest absolute Gasteiger partial charge is 0.485 e. The second kappa shape index (κ2) is 8.05. The van der Waals surface area contributed by atoms with E-state index in [2.05, 4.69) is 0 Å². The molecule has 4 aromatic rings. The summed E-state index contributed by atoms with van der Waals surface area (Å²) in [4.78, 5) is 19.9. The van der Waals surface area contributed by atoms with Gasteiger partial charge in [0.25, 0.3) is 5.91 Å². The smallest absolute Gasteiger partial charge is 0.269 e. The number of halogens is 1. The lowest BCUT2D eigenvalue weighted by Gasteiger charge is -2.17. The number of anilines is 1. The minimum Gasteiger partial charge on any atom is -0.485 e. The Morgan fingerprint density at radius 3 is 2.69 bits per heavy atom. The highest BCUT2D eigenvalue weighted by atomic mass is 32.1. The maximum absolute atomic E-state index is 13.1. The van der Waals surface area contributed by atoms with Gasteiger partial charge in [-0.2, -0.15) is 0 Å². The number of fused-ring (bicyclic) bond motifs is 1. The molecule has 5 nitrogen and oxygen atoms in total. The summed E-state index contributed by atoms with van der Waals surface area (Å²) in [6, 6.07) is 13.6. The number of imidazole rings is 1. The van der Waals surface area contributed by atoms with Crippen molar-refractivity contribution in [2.75, 3.05) is 11.9 Å². The van der Waals surface area contributed by atoms with Crippen LogP contribution >= 0.6 is 11.3 Å². The topological polar surface area (TPSA) is 46.8 Å². The number of aromatic nitrogens is 2. The first-order valence-electron chi connectivity index (χ1n) is 9.27. The summed E-state index contributed by atoms with van der Waals surface area (Å²) in [6.45, 7) is 2.31. The first kappa shape index (κ1) is 19.1. The summed E-state index contributed by atoms with van der Waals surface area (Å²) in [6.07, 6.45) is 2.55. The lowest BCUT2D eigenvalue weighted by Crippen LogP contribution is -2.27. The SMILES string of the molecule is CCc1nc2c(OCc3ccc(F)cc3)cccn2c1N(C)C(=O)c1cccs1. The molecule has 3 aromatic heterocycles. The van der Waals surface area contributed by atoms with E-state index in [1.807, 2.05) is 47.2 Å². The molecule has 0 atom stereocenters. The predicted octanol–water partition coefficient (Wildman–Crippen LogP) is 4.95. The van der Waals surface area contributed by atoms with Gasteiger partial charge in [0, 0.05) is 13.2 Å². The molecule has 0 aliphatic carbocycles. The van der Waals surface area contributed by atoms with Crippen LogP contribution in [0, 0.1) is 5.82 Å². The summed E-state index contributed by atoms with van der Waals surface area (Å²) >= 11 is 1.41. The number of amides is 1. The first-order valence-corrected chi connectivity index (χ1v) is 10.1. The second-order valence-corrected chi connectivity index (χ2v) is 7.51. The highest BCUT2D eigenvalue weighted by molar-refractivity contribution is 7.12. The molecule has 1 amide bonds. The molecular weight excluding hydrogens is 389 g/mol. The van der Waals surface area contributed by atoms with E-state index < -0.39 is 0 Å². The van der Waals surface area contributed by atoms with Gasteiger partial charge in [0.05, 0.1) is 10.6 Å². The number of hydrogen-bond acceptors (Lipinski definition) is 4. The molecule has 0 fully saturated rings. The second-order valence-electron chi connectivity index (χ2n) is 6.56. The van der Waals surface area contributed by atoms with Crippen LogP contribution in [0.4, 0.5) is 10.2 Å². The third kappa shape index (κ3) is 3.73. The molecule has 0 aliphatic rings. The molecule has 0 aliphatic heterocycles. The fourth-order valence-electron chi connectivity index (χ4n) is 3.19. The molecule has 0 saturated heterocycles. The highest BCUT2D eigenvalue weighted by Crippen LogP contribution is 2.29. The number of carbonyl (C=O) groups is 1. The minimum absolute atomic E-state index is 0.0749. The number of benzene rings is 1. The van der Waals surface area contributed by atoms with Crippen LogP contribution in [0.3, 0.4) is 0 Å². The van der Waals surface area contributed by atoms with Crippen LogP contribution in [0.1, 0.15) is 27.9 Å². The fraction of sp³-hybridized carbons (Fsp3) is 0.182. The van der Waals surface area contributed by atoms with E-state index in [4.69, 9.17) is 9.72 Å². The Morgan fingerprint density at radius 2 is 2.00 bits per heavy atom. The molecule has 3 heterocycles. The number of thiophene rings is 1. The maximum Gasteiger partial charge on any atom is 0.269 e. The number of carbonyl (C=O) groups excluding carboxylic acids is 1. The van der Waals surface area contributed by atoms with Gasteiger partial charge in [-0.1, -0.05) is 25.1 Å². The molecule has 29 heavy (non-hydrogen) atoms. The van der Waals surface area contributed by atoms with Gasteiger partial charge in [-0.15, -0.1) is 11.3 Å². The summed E-state index contributed by atoms with van der Waals surface area (Å²) < 4.78 is 20.9. The van der Waals surface area contributed by atoms with Crippen LogP contribution in [0.5, 0.6) is 5.75 Å². The first-order chi connectivity index (χ1) is 14.1. The van der Waals surface area contributed by atoms with Crippen LogP contribution in [0.15, 0.2) is 60.1 Å². The lowest BCUT2D eigenvalue weighted by molar-refractivity contribution is 0.0995. The van der Waals surface area contributed by atoms with E-state index in [1.54, 1.807) is 24.1 Å². The molecule has 0 radical (unpaired) electrons. The third-order valence-electron chi connectivity index (χ3n) is 4.66. The number of ether oxygens (including phenoxy) is 1. The van der Waals surface area contributed by atoms with E-state index in [9.17, 15) is 9.18 Å². The Morgan fingerprint density at radius 1 is 1.21 bits per heavy atom. The Labute approximate surface area is 172 Å². The number of pyridine rings is 1. The van der Waals surface area contributed by atoms with Gasteiger partial charge < -0.3 is 4.74 Å². The zero-order valence-corrected chi connectivity index (χ0v) is 16.9. The molecule has 0 bridgehead atoms. The average Bonchev–Trinajstić information content (AvgIpc) is 3.40. The Balaban J connectivity index is 1.68. The molecule has 7 heteroatoms. The highest BCUT2D eigenvalue weighted by Gasteiger charge is 2.23. The molecular formula is C22H20FN3O2S. The van der Waals surface area contributed by atoms with Gasteiger partial charge in [-0.25, -0.2) is 9.37 Å². The summed E-state index contributed by atoms with van der Waals surface area (Å²) in [5.41, 5.74) is 2.32. The van der Waals surface area contributed by atoms with Crippen molar-refractivity contribution in [3.8, 4) is 5.75 Å². The molecule has 0 spiro atoms. The van der Waals surface area contributed by atoms with Gasteiger partial charge in [-0.3, -0.25) is 14.1 Å². The normalized spacial score (nSPS) is 11.0. The van der Waals surface area contributed by atoms with Gasteiger partial charge in [0.2, 0.25) is 0 Å². The van der Waals surface area contributed by atoms with Crippen LogP contribution < -0.4 is 9.64 Å². The Bertz CT molecular complexity index is 1140. The summed E-state index contributed by atoms with van der Waals surface area (Å²) in [5.74, 6) is 0.983. The van der Waals surface area contributed by atoms with E-state index in [0.717, 1.165) is 17.1 Å². The number of aryl methyl sites for hydroxylation is 1. The third-order valence-corrected chi connectivity index (χ3v) is 5.51. The van der Waals surface area contributed by atoms with Gasteiger partial charge >= 0.3 is 0 Å². The lowest BCUT2D eigenvalue weighted by atomic mass is 10.2. The van der Waals surface area contributed by atoms with Gasteiger partial charge in [0.1, 0.15) is 18.2 Å². The van der Waals surface area contributed by atoms with E-state index in [0.29, 0.717) is 29.3 Å². The van der Waals surface area contributed by atoms with Crippen molar-refractivity contribution in [2.24, 2.45) is 0 Å². The van der Waals surface area contributed by atoms with Crippen molar-refractivity contribution in [2.45, 2.75) is 20.0 Å². The quantitative estimate of drug-likeness (QED) is 0.453. The molecule has 148 valence electrons. The Hall–Kier alpha value is -3.19. The van der Waals surface area contributed by atoms with Crippen LogP contribution in [0.2, 0.25) is 0 Å². The van der Waals surface area contributed by atoms with Crippen molar-refractivity contribution in [3.63, 3.8) is 0 Å². The van der Waals surface area contributed by atoms with E-state index in [1.165, 1.54) is 23.5 Å².